The lowest BCUT2D eigenvalue weighted by atomic mass is 10.2. The predicted molar refractivity (Wildman–Crippen MR) is 103 cm³/mol. The lowest BCUT2D eigenvalue weighted by Crippen LogP contribution is -2.41. The van der Waals surface area contributed by atoms with Gasteiger partial charge in [0, 0.05) is 36.6 Å². The van der Waals surface area contributed by atoms with Crippen LogP contribution >= 0.6 is 11.3 Å². The van der Waals surface area contributed by atoms with Crippen LogP contribution in [0.5, 0.6) is 5.75 Å². The van der Waals surface area contributed by atoms with Crippen LogP contribution in [0.1, 0.15) is 10.6 Å². The maximum Gasteiger partial charge on any atom is 0.225 e. The van der Waals surface area contributed by atoms with Gasteiger partial charge in [-0.15, -0.1) is 11.3 Å². The fraction of sp³-hybridized carbons (Fsp3) is 0.474. The van der Waals surface area contributed by atoms with Crippen LogP contribution in [0.25, 0.3) is 10.6 Å². The lowest BCUT2D eigenvalue weighted by molar-refractivity contribution is -0.120. The summed E-state index contributed by atoms with van der Waals surface area (Å²) in [4.78, 5) is 20.2. The molecule has 7 heteroatoms. The summed E-state index contributed by atoms with van der Waals surface area (Å²) in [6.45, 7) is 6.92. The number of hydrogen-bond acceptors (Lipinski definition) is 6. The zero-order valence-corrected chi connectivity index (χ0v) is 16.1. The maximum atomic E-state index is 12.3. The number of methoxy groups -OCH3 is 1. The molecule has 0 saturated carbocycles. The summed E-state index contributed by atoms with van der Waals surface area (Å²) in [5.41, 5.74) is 1.92. The van der Waals surface area contributed by atoms with E-state index in [1.807, 2.05) is 31.2 Å². The number of carbonyl (C=O) groups is 1. The smallest absolute Gasteiger partial charge is 0.225 e. The van der Waals surface area contributed by atoms with E-state index in [2.05, 4.69) is 15.2 Å². The van der Waals surface area contributed by atoms with Gasteiger partial charge in [-0.05, 0) is 19.1 Å². The summed E-state index contributed by atoms with van der Waals surface area (Å²) < 4.78 is 10.6. The summed E-state index contributed by atoms with van der Waals surface area (Å²) in [5, 5.41) is 3.92. The minimum Gasteiger partial charge on any atom is -0.497 e. The molecule has 26 heavy (non-hydrogen) atoms. The van der Waals surface area contributed by atoms with Crippen molar-refractivity contribution in [1.29, 1.82) is 0 Å². The van der Waals surface area contributed by atoms with Gasteiger partial charge in [-0.25, -0.2) is 4.98 Å². The normalized spacial score (nSPS) is 15.0. The molecule has 1 aromatic carbocycles. The Hall–Kier alpha value is -1.96. The first kappa shape index (κ1) is 18.8. The zero-order chi connectivity index (χ0) is 18.4. The molecule has 1 amide bonds. The number of hydrogen-bond donors (Lipinski definition) is 1. The molecule has 2 heterocycles. The van der Waals surface area contributed by atoms with Crippen molar-refractivity contribution in [3.8, 4) is 16.3 Å². The SMILES string of the molecule is COc1cccc(-c2nc(C)c(CC(=O)NCCN3CCOCC3)s2)c1. The number of carbonyl (C=O) groups excluding carboxylic acids is 1. The standard InChI is InChI=1S/C19H25N3O3S/c1-14-17(13-18(23)20-6-7-22-8-10-25-11-9-22)26-19(21-14)15-4-3-5-16(12-15)24-2/h3-5,12H,6-11,13H2,1-2H3,(H,20,23). The average molecular weight is 375 g/mol. The Morgan fingerprint density at radius 1 is 1.38 bits per heavy atom. The average Bonchev–Trinajstić information content (AvgIpc) is 3.03. The van der Waals surface area contributed by atoms with Gasteiger partial charge in [-0.1, -0.05) is 12.1 Å². The van der Waals surface area contributed by atoms with Gasteiger partial charge < -0.3 is 14.8 Å². The molecule has 1 N–H and O–H groups in total. The number of aromatic nitrogens is 1. The molecule has 1 saturated heterocycles. The molecular formula is C19H25N3O3S. The van der Waals surface area contributed by atoms with Crippen LogP contribution in [0.4, 0.5) is 0 Å². The van der Waals surface area contributed by atoms with Crippen LogP contribution in [0.3, 0.4) is 0 Å². The number of thiazole rings is 1. The van der Waals surface area contributed by atoms with E-state index < -0.39 is 0 Å². The second-order valence-electron chi connectivity index (χ2n) is 6.24. The van der Waals surface area contributed by atoms with Crippen LogP contribution in [0.2, 0.25) is 0 Å². The highest BCUT2D eigenvalue weighted by molar-refractivity contribution is 7.15. The molecule has 1 aliphatic heterocycles. The summed E-state index contributed by atoms with van der Waals surface area (Å²) in [6.07, 6.45) is 0.372. The second-order valence-corrected chi connectivity index (χ2v) is 7.32. The molecule has 0 radical (unpaired) electrons. The van der Waals surface area contributed by atoms with Crippen LogP contribution in [-0.4, -0.2) is 62.3 Å². The van der Waals surface area contributed by atoms with Gasteiger partial charge in [0.2, 0.25) is 5.91 Å². The number of amides is 1. The molecule has 0 atom stereocenters. The van der Waals surface area contributed by atoms with Crippen molar-refractivity contribution >= 4 is 17.2 Å². The van der Waals surface area contributed by atoms with Gasteiger partial charge in [0.1, 0.15) is 10.8 Å². The second kappa shape index (κ2) is 9.12. The Morgan fingerprint density at radius 3 is 2.96 bits per heavy atom. The summed E-state index contributed by atoms with van der Waals surface area (Å²) in [6, 6.07) is 7.83. The van der Waals surface area contributed by atoms with Gasteiger partial charge in [-0.3, -0.25) is 9.69 Å². The van der Waals surface area contributed by atoms with Gasteiger partial charge >= 0.3 is 0 Å². The Balaban J connectivity index is 1.54. The van der Waals surface area contributed by atoms with Crippen molar-refractivity contribution in [1.82, 2.24) is 15.2 Å². The van der Waals surface area contributed by atoms with E-state index in [1.165, 1.54) is 0 Å². The predicted octanol–water partition coefficient (Wildman–Crippen LogP) is 2.12. The molecule has 0 spiro atoms. The van der Waals surface area contributed by atoms with E-state index in [-0.39, 0.29) is 5.91 Å². The Bertz CT molecular complexity index is 741. The largest absolute Gasteiger partial charge is 0.497 e. The molecule has 0 aliphatic carbocycles. The highest BCUT2D eigenvalue weighted by Crippen LogP contribution is 2.30. The number of nitrogens with one attached hydrogen (secondary N) is 1. The summed E-state index contributed by atoms with van der Waals surface area (Å²) in [7, 11) is 1.65. The van der Waals surface area contributed by atoms with E-state index in [0.717, 1.165) is 59.7 Å². The van der Waals surface area contributed by atoms with Crippen molar-refractivity contribution in [2.45, 2.75) is 13.3 Å². The van der Waals surface area contributed by atoms with Crippen molar-refractivity contribution in [2.75, 3.05) is 46.5 Å². The van der Waals surface area contributed by atoms with E-state index >= 15 is 0 Å². The highest BCUT2D eigenvalue weighted by atomic mass is 32.1. The molecule has 3 rings (SSSR count). The Morgan fingerprint density at radius 2 is 2.19 bits per heavy atom. The molecular weight excluding hydrogens is 350 g/mol. The molecule has 140 valence electrons. The maximum absolute atomic E-state index is 12.3. The number of nitrogens with zero attached hydrogens (tertiary/aromatic N) is 2. The molecule has 6 nitrogen and oxygen atoms in total. The Kier molecular flexibility index (Phi) is 6.60. The molecule has 2 aromatic rings. The van der Waals surface area contributed by atoms with E-state index in [1.54, 1.807) is 18.4 Å². The fourth-order valence-electron chi connectivity index (χ4n) is 2.86. The van der Waals surface area contributed by atoms with E-state index in [9.17, 15) is 4.79 Å². The van der Waals surface area contributed by atoms with Crippen molar-refractivity contribution in [3.63, 3.8) is 0 Å². The monoisotopic (exact) mass is 375 g/mol. The topological polar surface area (TPSA) is 63.7 Å². The number of rotatable bonds is 7. The first-order chi connectivity index (χ1) is 12.7. The number of ether oxygens (including phenoxy) is 2. The number of benzene rings is 1. The summed E-state index contributed by atoms with van der Waals surface area (Å²) in [5.74, 6) is 0.847. The van der Waals surface area contributed by atoms with Gasteiger partial charge in [0.15, 0.2) is 0 Å². The molecule has 0 unspecified atom stereocenters. The number of aryl methyl sites for hydroxylation is 1. The van der Waals surface area contributed by atoms with Crippen molar-refractivity contribution < 1.29 is 14.3 Å². The number of morpholine rings is 1. The van der Waals surface area contributed by atoms with Crippen LogP contribution in [0, 0.1) is 6.92 Å². The third kappa shape index (κ3) is 5.03. The summed E-state index contributed by atoms with van der Waals surface area (Å²) >= 11 is 1.57. The molecule has 1 fully saturated rings. The van der Waals surface area contributed by atoms with E-state index in [0.29, 0.717) is 13.0 Å². The minimum absolute atomic E-state index is 0.0437. The quantitative estimate of drug-likeness (QED) is 0.803. The molecule has 1 aliphatic rings. The van der Waals surface area contributed by atoms with Crippen LogP contribution in [0.15, 0.2) is 24.3 Å². The van der Waals surface area contributed by atoms with E-state index in [4.69, 9.17) is 9.47 Å². The van der Waals surface area contributed by atoms with Gasteiger partial charge in [0.05, 0.1) is 32.4 Å². The van der Waals surface area contributed by atoms with Crippen LogP contribution < -0.4 is 10.1 Å². The first-order valence-electron chi connectivity index (χ1n) is 8.83. The molecule has 0 bridgehead atoms. The zero-order valence-electron chi connectivity index (χ0n) is 15.3. The lowest BCUT2D eigenvalue weighted by Gasteiger charge is -2.26. The van der Waals surface area contributed by atoms with Crippen LogP contribution in [-0.2, 0) is 16.0 Å². The van der Waals surface area contributed by atoms with Crippen molar-refractivity contribution in [3.05, 3.63) is 34.8 Å². The van der Waals surface area contributed by atoms with Crippen molar-refractivity contribution in [2.24, 2.45) is 0 Å². The molecule has 1 aromatic heterocycles. The van der Waals surface area contributed by atoms with Gasteiger partial charge in [-0.2, -0.15) is 0 Å². The minimum atomic E-state index is 0.0437. The highest BCUT2D eigenvalue weighted by Gasteiger charge is 2.14. The first-order valence-corrected chi connectivity index (χ1v) is 9.65. The fourth-order valence-corrected chi connectivity index (χ4v) is 3.92. The Labute approximate surface area is 158 Å². The third-order valence-corrected chi connectivity index (χ3v) is 5.59. The third-order valence-electron chi connectivity index (χ3n) is 4.38. The van der Waals surface area contributed by atoms with Gasteiger partial charge in [0.25, 0.3) is 0 Å².